The molecule has 1 atom stereocenters. The quantitative estimate of drug-likeness (QED) is 0.828. The number of likely N-dealkylation sites (tertiary alicyclic amines) is 1. The van der Waals surface area contributed by atoms with Gasteiger partial charge in [-0.15, -0.1) is 0 Å². The largest absolute Gasteiger partial charge is 0.311 e. The van der Waals surface area contributed by atoms with Gasteiger partial charge in [-0.05, 0) is 59.3 Å². The van der Waals surface area contributed by atoms with E-state index in [9.17, 15) is 0 Å². The second kappa shape index (κ2) is 5.92. The summed E-state index contributed by atoms with van der Waals surface area (Å²) in [4.78, 5) is 2.63. The molecule has 2 rings (SSSR count). The standard InChI is InChI=1S/C16H32N2/c1-13(14-7-5-6-8-14)17-15-9-11-18(12-10-15)16(2,3)4/h13-15,17H,5-12H2,1-4H3. The van der Waals surface area contributed by atoms with Crippen LogP contribution < -0.4 is 5.32 Å². The first-order chi connectivity index (χ1) is 8.47. The van der Waals surface area contributed by atoms with Gasteiger partial charge in [0.05, 0.1) is 0 Å². The van der Waals surface area contributed by atoms with Crippen LogP contribution in [0, 0.1) is 5.92 Å². The second-order valence-corrected chi connectivity index (χ2v) is 7.43. The molecular formula is C16H32N2. The Morgan fingerprint density at radius 2 is 1.56 bits per heavy atom. The van der Waals surface area contributed by atoms with Crippen molar-refractivity contribution in [3.8, 4) is 0 Å². The number of hydrogen-bond acceptors (Lipinski definition) is 2. The van der Waals surface area contributed by atoms with Crippen LogP contribution in [-0.2, 0) is 0 Å². The maximum absolute atomic E-state index is 3.91. The predicted molar refractivity (Wildman–Crippen MR) is 78.9 cm³/mol. The van der Waals surface area contributed by atoms with E-state index in [4.69, 9.17) is 0 Å². The van der Waals surface area contributed by atoms with E-state index in [1.54, 1.807) is 0 Å². The molecule has 106 valence electrons. The van der Waals surface area contributed by atoms with Crippen molar-refractivity contribution in [1.29, 1.82) is 0 Å². The summed E-state index contributed by atoms with van der Waals surface area (Å²) in [5.74, 6) is 0.950. The number of piperidine rings is 1. The van der Waals surface area contributed by atoms with E-state index in [2.05, 4.69) is 37.9 Å². The lowest BCUT2D eigenvalue weighted by molar-refractivity contribution is 0.0921. The zero-order chi connectivity index (χ0) is 13.2. The van der Waals surface area contributed by atoms with Gasteiger partial charge in [-0.1, -0.05) is 12.8 Å². The Labute approximate surface area is 114 Å². The molecule has 2 fully saturated rings. The van der Waals surface area contributed by atoms with E-state index < -0.39 is 0 Å². The maximum Gasteiger partial charge on any atom is 0.0125 e. The molecule has 0 aromatic heterocycles. The summed E-state index contributed by atoms with van der Waals surface area (Å²) in [6.45, 7) is 11.9. The van der Waals surface area contributed by atoms with E-state index in [-0.39, 0.29) is 0 Å². The van der Waals surface area contributed by atoms with Crippen LogP contribution in [0.15, 0.2) is 0 Å². The van der Waals surface area contributed by atoms with E-state index >= 15 is 0 Å². The molecule has 1 saturated carbocycles. The van der Waals surface area contributed by atoms with Crippen molar-refractivity contribution in [2.45, 2.75) is 83.8 Å². The van der Waals surface area contributed by atoms with Crippen LogP contribution in [0.2, 0.25) is 0 Å². The molecule has 1 aliphatic carbocycles. The predicted octanol–water partition coefficient (Wildman–Crippen LogP) is 3.42. The van der Waals surface area contributed by atoms with Crippen molar-refractivity contribution in [1.82, 2.24) is 10.2 Å². The van der Waals surface area contributed by atoms with Crippen LogP contribution in [0.5, 0.6) is 0 Å². The van der Waals surface area contributed by atoms with Crippen LogP contribution in [0.1, 0.15) is 66.2 Å². The van der Waals surface area contributed by atoms with Crippen LogP contribution >= 0.6 is 0 Å². The minimum Gasteiger partial charge on any atom is -0.311 e. The molecule has 1 aliphatic heterocycles. The Morgan fingerprint density at radius 3 is 2.06 bits per heavy atom. The molecule has 1 N–H and O–H groups in total. The lowest BCUT2D eigenvalue weighted by Crippen LogP contribution is -2.51. The van der Waals surface area contributed by atoms with E-state index in [1.165, 1.54) is 51.6 Å². The van der Waals surface area contributed by atoms with E-state index in [0.29, 0.717) is 5.54 Å². The van der Waals surface area contributed by atoms with Gasteiger partial charge < -0.3 is 5.32 Å². The molecule has 18 heavy (non-hydrogen) atoms. The third-order valence-electron chi connectivity index (χ3n) is 5.05. The molecule has 0 radical (unpaired) electrons. The molecule has 1 heterocycles. The monoisotopic (exact) mass is 252 g/mol. The Morgan fingerprint density at radius 1 is 1.00 bits per heavy atom. The summed E-state index contributed by atoms with van der Waals surface area (Å²) in [5.41, 5.74) is 0.349. The molecule has 1 saturated heterocycles. The Balaban J connectivity index is 1.73. The van der Waals surface area contributed by atoms with Crippen molar-refractivity contribution in [3.05, 3.63) is 0 Å². The van der Waals surface area contributed by atoms with Crippen LogP contribution in [0.3, 0.4) is 0 Å². The summed E-state index contributed by atoms with van der Waals surface area (Å²) in [6.07, 6.45) is 8.48. The van der Waals surface area contributed by atoms with Gasteiger partial charge in [0, 0.05) is 30.7 Å². The first kappa shape index (κ1) is 14.3. The molecular weight excluding hydrogens is 220 g/mol. The number of rotatable bonds is 3. The van der Waals surface area contributed by atoms with Gasteiger partial charge in [0.2, 0.25) is 0 Å². The fourth-order valence-electron chi connectivity index (χ4n) is 3.68. The average molecular weight is 252 g/mol. The number of hydrogen-bond donors (Lipinski definition) is 1. The summed E-state index contributed by atoms with van der Waals surface area (Å²) in [7, 11) is 0. The molecule has 2 aliphatic rings. The van der Waals surface area contributed by atoms with Gasteiger partial charge in [0.25, 0.3) is 0 Å². The highest BCUT2D eigenvalue weighted by atomic mass is 15.2. The van der Waals surface area contributed by atoms with Gasteiger partial charge >= 0.3 is 0 Å². The van der Waals surface area contributed by atoms with E-state index in [1.807, 2.05) is 0 Å². The van der Waals surface area contributed by atoms with Gasteiger partial charge in [-0.25, -0.2) is 0 Å². The zero-order valence-corrected chi connectivity index (χ0v) is 12.8. The third-order valence-corrected chi connectivity index (χ3v) is 5.05. The minimum atomic E-state index is 0.349. The normalized spacial score (nSPS) is 26.7. The summed E-state index contributed by atoms with van der Waals surface area (Å²) in [6, 6.07) is 1.50. The van der Waals surface area contributed by atoms with E-state index in [0.717, 1.165) is 18.0 Å². The summed E-state index contributed by atoms with van der Waals surface area (Å²) < 4.78 is 0. The molecule has 1 unspecified atom stereocenters. The minimum absolute atomic E-state index is 0.349. The highest BCUT2D eigenvalue weighted by Crippen LogP contribution is 2.28. The first-order valence-electron chi connectivity index (χ1n) is 7.98. The average Bonchev–Trinajstić information content (AvgIpc) is 2.82. The Kier molecular flexibility index (Phi) is 4.71. The zero-order valence-electron chi connectivity index (χ0n) is 12.8. The Hall–Kier alpha value is -0.0800. The van der Waals surface area contributed by atoms with Gasteiger partial charge in [0.1, 0.15) is 0 Å². The number of nitrogens with zero attached hydrogens (tertiary/aromatic N) is 1. The molecule has 0 aromatic rings. The first-order valence-corrected chi connectivity index (χ1v) is 7.98. The van der Waals surface area contributed by atoms with Crippen LogP contribution in [0.4, 0.5) is 0 Å². The smallest absolute Gasteiger partial charge is 0.0125 e. The highest BCUT2D eigenvalue weighted by molar-refractivity contribution is 4.87. The molecule has 2 nitrogen and oxygen atoms in total. The fraction of sp³-hybridized carbons (Fsp3) is 1.00. The lowest BCUT2D eigenvalue weighted by Gasteiger charge is -2.42. The van der Waals surface area contributed by atoms with Crippen LogP contribution in [0.25, 0.3) is 0 Å². The maximum atomic E-state index is 3.91. The lowest BCUT2D eigenvalue weighted by atomic mass is 9.94. The second-order valence-electron chi connectivity index (χ2n) is 7.43. The fourth-order valence-corrected chi connectivity index (χ4v) is 3.68. The topological polar surface area (TPSA) is 15.3 Å². The van der Waals surface area contributed by atoms with Crippen molar-refractivity contribution in [2.75, 3.05) is 13.1 Å². The van der Waals surface area contributed by atoms with Gasteiger partial charge in [-0.3, -0.25) is 4.90 Å². The Bertz CT molecular complexity index is 242. The van der Waals surface area contributed by atoms with Crippen molar-refractivity contribution >= 4 is 0 Å². The van der Waals surface area contributed by atoms with Gasteiger partial charge in [-0.2, -0.15) is 0 Å². The molecule has 0 spiro atoms. The third kappa shape index (κ3) is 3.71. The van der Waals surface area contributed by atoms with Crippen LogP contribution in [-0.4, -0.2) is 35.6 Å². The summed E-state index contributed by atoms with van der Waals surface area (Å²) in [5, 5.41) is 3.91. The van der Waals surface area contributed by atoms with Gasteiger partial charge in [0.15, 0.2) is 0 Å². The van der Waals surface area contributed by atoms with Crippen molar-refractivity contribution in [2.24, 2.45) is 5.92 Å². The SMILES string of the molecule is CC(NC1CCN(C(C)(C)C)CC1)C1CCCC1. The molecule has 0 aromatic carbocycles. The molecule has 0 bridgehead atoms. The molecule has 2 heteroatoms. The van der Waals surface area contributed by atoms with Crippen molar-refractivity contribution < 1.29 is 0 Å². The van der Waals surface area contributed by atoms with Crippen molar-refractivity contribution in [3.63, 3.8) is 0 Å². The molecule has 0 amide bonds. The number of nitrogens with one attached hydrogen (secondary N) is 1. The summed E-state index contributed by atoms with van der Waals surface area (Å²) >= 11 is 0. The highest BCUT2D eigenvalue weighted by Gasteiger charge is 2.29.